The molecule has 0 unspecified atom stereocenters. The fourth-order valence-electron chi connectivity index (χ4n) is 1.84. The van der Waals surface area contributed by atoms with Crippen molar-refractivity contribution in [1.82, 2.24) is 0 Å². The zero-order valence-electron chi connectivity index (χ0n) is 13.8. The molecule has 124 valence electrons. The van der Waals surface area contributed by atoms with Gasteiger partial charge in [0.1, 0.15) is 13.2 Å². The Bertz CT molecular complexity index is 452. The van der Waals surface area contributed by atoms with Crippen molar-refractivity contribution < 1.29 is 22.2 Å². The molecule has 0 aliphatic carbocycles. The van der Waals surface area contributed by atoms with E-state index < -0.39 is 10.1 Å². The highest BCUT2D eigenvalue weighted by Crippen LogP contribution is 2.10. The maximum atomic E-state index is 10.6. The number of unbranched alkanes of at least 4 members (excludes halogenated alkanes) is 1. The highest BCUT2D eigenvalue weighted by Gasteiger charge is 2.15. The fraction of sp³-hybridized carbons (Fsp3) is 0.733. The van der Waals surface area contributed by atoms with Gasteiger partial charge in [-0.2, -0.15) is 8.42 Å². The standard InChI is InChI=1S/C15H29NO4S/c1-6-14(2)13-15(3)20-11-10-16(4,5)9-7-8-12-21(17,18)19/h6H,3,7-13H2,1-2,4-5H3/p+1. The summed E-state index contributed by atoms with van der Waals surface area (Å²) < 4.78 is 36.3. The molecule has 0 saturated carbocycles. The summed E-state index contributed by atoms with van der Waals surface area (Å²) in [5.41, 5.74) is 1.24. The van der Waals surface area contributed by atoms with Crippen molar-refractivity contribution >= 4 is 10.1 Å². The zero-order chi connectivity index (χ0) is 16.5. The summed E-state index contributed by atoms with van der Waals surface area (Å²) in [6.07, 6.45) is 4.04. The van der Waals surface area contributed by atoms with Gasteiger partial charge in [0.25, 0.3) is 10.1 Å². The molecule has 6 heteroatoms. The first-order chi connectivity index (χ1) is 9.56. The van der Waals surface area contributed by atoms with Crippen LogP contribution in [0.4, 0.5) is 0 Å². The zero-order valence-corrected chi connectivity index (χ0v) is 14.6. The normalized spacial score (nSPS) is 13.3. The van der Waals surface area contributed by atoms with Gasteiger partial charge in [-0.3, -0.25) is 4.55 Å². The average molecular weight is 320 g/mol. The quantitative estimate of drug-likeness (QED) is 0.209. The molecule has 0 heterocycles. The first-order valence-electron chi connectivity index (χ1n) is 7.25. The summed E-state index contributed by atoms with van der Waals surface area (Å²) in [5.74, 6) is 0.611. The molecule has 0 radical (unpaired) electrons. The number of hydrogen-bond acceptors (Lipinski definition) is 3. The lowest BCUT2D eigenvalue weighted by molar-refractivity contribution is -0.890. The second kappa shape index (κ2) is 9.23. The molecule has 0 fully saturated rings. The Morgan fingerprint density at radius 1 is 1.29 bits per heavy atom. The third-order valence-electron chi connectivity index (χ3n) is 3.39. The molecule has 0 aliphatic rings. The lowest BCUT2D eigenvalue weighted by Gasteiger charge is -2.29. The highest BCUT2D eigenvalue weighted by molar-refractivity contribution is 7.85. The molecule has 0 saturated heterocycles. The highest BCUT2D eigenvalue weighted by atomic mass is 32.2. The first-order valence-corrected chi connectivity index (χ1v) is 8.86. The van der Waals surface area contributed by atoms with Crippen LogP contribution in [-0.2, 0) is 14.9 Å². The van der Waals surface area contributed by atoms with E-state index >= 15 is 0 Å². The number of hydrogen-bond donors (Lipinski definition) is 1. The van der Waals surface area contributed by atoms with Crippen LogP contribution in [-0.4, -0.2) is 57.0 Å². The molecule has 0 amide bonds. The number of rotatable bonds is 11. The van der Waals surface area contributed by atoms with E-state index in [2.05, 4.69) is 20.7 Å². The largest absolute Gasteiger partial charge is 0.492 e. The Morgan fingerprint density at radius 2 is 1.90 bits per heavy atom. The summed E-state index contributed by atoms with van der Waals surface area (Å²) >= 11 is 0. The van der Waals surface area contributed by atoms with Gasteiger partial charge in [0.05, 0.1) is 32.2 Å². The number of ether oxygens (including phenoxy) is 1. The van der Waals surface area contributed by atoms with Gasteiger partial charge in [0.15, 0.2) is 0 Å². The predicted octanol–water partition coefficient (Wildman–Crippen LogP) is 2.62. The monoisotopic (exact) mass is 320 g/mol. The molecule has 0 spiro atoms. The van der Waals surface area contributed by atoms with Crippen molar-refractivity contribution in [3.8, 4) is 0 Å². The van der Waals surface area contributed by atoms with Gasteiger partial charge in [-0.1, -0.05) is 18.2 Å². The maximum absolute atomic E-state index is 10.6. The van der Waals surface area contributed by atoms with Crippen molar-refractivity contribution in [2.75, 3.05) is 39.5 Å². The molecule has 0 aromatic rings. The second-order valence-corrected chi connectivity index (χ2v) is 7.65. The van der Waals surface area contributed by atoms with Crippen molar-refractivity contribution in [3.63, 3.8) is 0 Å². The molecule has 0 atom stereocenters. The van der Waals surface area contributed by atoms with Crippen LogP contribution in [0, 0.1) is 0 Å². The summed E-state index contributed by atoms with van der Waals surface area (Å²) in [5, 5.41) is 0. The summed E-state index contributed by atoms with van der Waals surface area (Å²) in [6.45, 7) is 10.2. The number of allylic oxidation sites excluding steroid dienone is 2. The smallest absolute Gasteiger partial charge is 0.264 e. The molecule has 0 aromatic heterocycles. The predicted molar refractivity (Wildman–Crippen MR) is 86.6 cm³/mol. The number of quaternary nitrogens is 1. The van der Waals surface area contributed by atoms with Gasteiger partial charge in [0, 0.05) is 6.42 Å². The molecule has 21 heavy (non-hydrogen) atoms. The summed E-state index contributed by atoms with van der Waals surface area (Å²) in [6, 6.07) is 0. The van der Waals surface area contributed by atoms with Gasteiger partial charge in [-0.05, 0) is 26.7 Å². The van der Waals surface area contributed by atoms with Crippen molar-refractivity contribution in [3.05, 3.63) is 24.0 Å². The Kier molecular flexibility index (Phi) is 8.85. The second-order valence-electron chi connectivity index (χ2n) is 6.08. The van der Waals surface area contributed by atoms with Gasteiger partial charge in [-0.15, -0.1) is 0 Å². The van der Waals surface area contributed by atoms with Crippen LogP contribution in [0.3, 0.4) is 0 Å². The maximum Gasteiger partial charge on any atom is 0.264 e. The molecule has 0 rings (SSSR count). The minimum absolute atomic E-state index is 0.164. The van der Waals surface area contributed by atoms with Crippen molar-refractivity contribution in [2.24, 2.45) is 0 Å². The Hall–Kier alpha value is -0.850. The minimum atomic E-state index is -3.83. The lowest BCUT2D eigenvalue weighted by Crippen LogP contribution is -2.43. The van der Waals surface area contributed by atoms with Gasteiger partial charge in [0.2, 0.25) is 0 Å². The van der Waals surface area contributed by atoms with E-state index in [9.17, 15) is 8.42 Å². The summed E-state index contributed by atoms with van der Waals surface area (Å²) in [7, 11) is 0.328. The van der Waals surface area contributed by atoms with Gasteiger partial charge in [-0.25, -0.2) is 0 Å². The van der Waals surface area contributed by atoms with E-state index in [4.69, 9.17) is 9.29 Å². The topological polar surface area (TPSA) is 63.6 Å². The average Bonchev–Trinajstić information content (AvgIpc) is 2.33. The SMILES string of the molecule is C=C(CC(C)=CC)OCC[N+](C)(C)CCCCS(=O)(=O)O. The molecular weight excluding hydrogens is 290 g/mol. The summed E-state index contributed by atoms with van der Waals surface area (Å²) in [4.78, 5) is 0. The first kappa shape index (κ1) is 20.1. The van der Waals surface area contributed by atoms with Gasteiger partial charge < -0.3 is 9.22 Å². The van der Waals surface area contributed by atoms with E-state index in [1.54, 1.807) is 0 Å². The third-order valence-corrected chi connectivity index (χ3v) is 4.19. The van der Waals surface area contributed by atoms with Gasteiger partial charge >= 0.3 is 0 Å². The third kappa shape index (κ3) is 12.6. The van der Waals surface area contributed by atoms with Crippen LogP contribution in [0.15, 0.2) is 24.0 Å². The van der Waals surface area contributed by atoms with E-state index in [1.807, 2.05) is 19.9 Å². The number of likely N-dealkylation sites (N-methyl/N-ethyl adjacent to an activating group) is 1. The van der Waals surface area contributed by atoms with Crippen LogP contribution in [0.2, 0.25) is 0 Å². The van der Waals surface area contributed by atoms with E-state index in [1.165, 1.54) is 5.57 Å². The Morgan fingerprint density at radius 3 is 2.43 bits per heavy atom. The van der Waals surface area contributed by atoms with Crippen molar-refractivity contribution in [1.29, 1.82) is 0 Å². The van der Waals surface area contributed by atoms with E-state index in [-0.39, 0.29) is 5.75 Å². The van der Waals surface area contributed by atoms with Crippen LogP contribution in [0.5, 0.6) is 0 Å². The Labute approximate surface area is 129 Å². The molecular formula is C15H30NO4S+. The van der Waals surface area contributed by atoms with Crippen molar-refractivity contribution in [2.45, 2.75) is 33.1 Å². The molecule has 0 aliphatic heterocycles. The molecule has 0 aromatic carbocycles. The molecule has 5 nitrogen and oxygen atoms in total. The number of nitrogens with zero attached hydrogens (tertiary/aromatic N) is 1. The van der Waals surface area contributed by atoms with E-state index in [0.29, 0.717) is 13.0 Å². The minimum Gasteiger partial charge on any atom is -0.492 e. The van der Waals surface area contributed by atoms with Crippen LogP contribution >= 0.6 is 0 Å². The fourth-order valence-corrected chi connectivity index (χ4v) is 2.41. The molecule has 0 bridgehead atoms. The van der Waals surface area contributed by atoms with Crippen LogP contribution in [0.25, 0.3) is 0 Å². The van der Waals surface area contributed by atoms with Crippen LogP contribution in [0.1, 0.15) is 33.1 Å². The van der Waals surface area contributed by atoms with E-state index in [0.717, 1.165) is 36.2 Å². The van der Waals surface area contributed by atoms with Crippen LogP contribution < -0.4 is 0 Å². The molecule has 1 N–H and O–H groups in total. The lowest BCUT2D eigenvalue weighted by atomic mass is 10.2. The Balaban J connectivity index is 3.89.